The number of amides is 1. The Morgan fingerprint density at radius 3 is 2.40 bits per heavy atom. The van der Waals surface area contributed by atoms with Crippen LogP contribution >= 0.6 is 0 Å². The number of nitrogens with one attached hydrogen (secondary N) is 2. The number of rotatable bonds is 5. The normalized spacial score (nSPS) is 11.1. The van der Waals surface area contributed by atoms with Gasteiger partial charge < -0.3 is 4.42 Å². The molecule has 0 saturated carbocycles. The largest absolute Gasteiger partial charge is 0.464 e. The van der Waals surface area contributed by atoms with Crippen LogP contribution in [0.4, 0.5) is 5.69 Å². The average Bonchev–Trinajstić information content (AvgIpc) is 3.16. The molecule has 7 nitrogen and oxygen atoms in total. The van der Waals surface area contributed by atoms with Crippen molar-refractivity contribution in [2.24, 2.45) is 5.84 Å². The lowest BCUT2D eigenvalue weighted by Gasteiger charge is -2.13. The fourth-order valence-corrected chi connectivity index (χ4v) is 3.39. The third-order valence-corrected chi connectivity index (χ3v) is 4.88. The summed E-state index contributed by atoms with van der Waals surface area (Å²) < 4.78 is 33.1. The van der Waals surface area contributed by atoms with Crippen LogP contribution in [-0.4, -0.2) is 14.3 Å². The zero-order valence-corrected chi connectivity index (χ0v) is 13.8. The lowest BCUT2D eigenvalue weighted by molar-refractivity contribution is 0.0953. The van der Waals surface area contributed by atoms with Crippen molar-refractivity contribution in [3.05, 3.63) is 72.5 Å². The van der Waals surface area contributed by atoms with Crippen LogP contribution in [0.5, 0.6) is 0 Å². The first-order valence-corrected chi connectivity index (χ1v) is 8.76. The fraction of sp³-hybridized carbons (Fsp3) is 0. The molecule has 0 aliphatic carbocycles. The first kappa shape index (κ1) is 16.7. The fourth-order valence-electron chi connectivity index (χ4n) is 2.30. The van der Waals surface area contributed by atoms with E-state index in [9.17, 15) is 13.2 Å². The van der Waals surface area contributed by atoms with Gasteiger partial charge in [0.2, 0.25) is 0 Å². The van der Waals surface area contributed by atoms with Gasteiger partial charge >= 0.3 is 0 Å². The summed E-state index contributed by atoms with van der Waals surface area (Å²) in [5, 5.41) is 0. The topological polar surface area (TPSA) is 114 Å². The number of hydrogen-bond donors (Lipinski definition) is 3. The Bertz CT molecular complexity index is 984. The zero-order valence-electron chi connectivity index (χ0n) is 13.0. The van der Waals surface area contributed by atoms with Crippen molar-refractivity contribution < 1.29 is 17.6 Å². The summed E-state index contributed by atoms with van der Waals surface area (Å²) in [7, 11) is -3.83. The van der Waals surface area contributed by atoms with Crippen LogP contribution in [0.1, 0.15) is 10.4 Å². The second kappa shape index (κ2) is 6.80. The number of hydrazine groups is 1. The van der Waals surface area contributed by atoms with E-state index in [0.717, 1.165) is 0 Å². The summed E-state index contributed by atoms with van der Waals surface area (Å²) in [4.78, 5) is 11.9. The Labute approximate surface area is 144 Å². The quantitative estimate of drug-likeness (QED) is 0.368. The lowest BCUT2D eigenvalue weighted by Crippen LogP contribution is -2.30. The van der Waals surface area contributed by atoms with Crippen molar-refractivity contribution in [3.8, 4) is 11.3 Å². The molecule has 1 heterocycles. The van der Waals surface area contributed by atoms with Gasteiger partial charge in [-0.25, -0.2) is 14.3 Å². The maximum atomic E-state index is 12.6. The molecule has 0 fully saturated rings. The third-order valence-electron chi connectivity index (χ3n) is 3.50. The maximum Gasteiger partial charge on any atom is 0.265 e. The van der Waals surface area contributed by atoms with Crippen molar-refractivity contribution >= 4 is 21.6 Å². The Balaban J connectivity index is 2.08. The molecule has 3 aromatic rings. The SMILES string of the molecule is NNC(=O)c1ccc(-c2ccco2)c(NS(=O)(=O)c2ccccc2)c1. The lowest BCUT2D eigenvalue weighted by atomic mass is 10.1. The van der Waals surface area contributed by atoms with E-state index in [1.807, 2.05) is 5.43 Å². The van der Waals surface area contributed by atoms with Crippen molar-refractivity contribution in [3.63, 3.8) is 0 Å². The molecule has 0 spiro atoms. The van der Waals surface area contributed by atoms with E-state index in [0.29, 0.717) is 11.3 Å². The van der Waals surface area contributed by atoms with Gasteiger partial charge in [-0.1, -0.05) is 18.2 Å². The average molecular weight is 357 g/mol. The van der Waals surface area contributed by atoms with Crippen molar-refractivity contribution in [2.75, 3.05) is 4.72 Å². The van der Waals surface area contributed by atoms with Crippen molar-refractivity contribution in [1.82, 2.24) is 5.43 Å². The van der Waals surface area contributed by atoms with Crippen LogP contribution in [0, 0.1) is 0 Å². The molecule has 0 aliphatic rings. The summed E-state index contributed by atoms with van der Waals surface area (Å²) in [6, 6.07) is 15.8. The smallest absolute Gasteiger partial charge is 0.265 e. The summed E-state index contributed by atoms with van der Waals surface area (Å²) in [5.41, 5.74) is 2.94. The van der Waals surface area contributed by atoms with E-state index >= 15 is 0 Å². The van der Waals surface area contributed by atoms with Crippen LogP contribution in [0.25, 0.3) is 11.3 Å². The minimum atomic E-state index is -3.83. The minimum absolute atomic E-state index is 0.106. The van der Waals surface area contributed by atoms with Gasteiger partial charge in [-0.15, -0.1) is 0 Å². The Morgan fingerprint density at radius 2 is 1.76 bits per heavy atom. The molecule has 0 unspecified atom stereocenters. The highest BCUT2D eigenvalue weighted by Gasteiger charge is 2.19. The molecule has 0 atom stereocenters. The molecule has 8 heteroatoms. The highest BCUT2D eigenvalue weighted by Crippen LogP contribution is 2.31. The van der Waals surface area contributed by atoms with Crippen molar-refractivity contribution in [1.29, 1.82) is 0 Å². The molecule has 1 aromatic heterocycles. The Morgan fingerprint density at radius 1 is 1.00 bits per heavy atom. The molecular formula is C17H15N3O4S. The molecule has 0 saturated heterocycles. The van der Waals surface area contributed by atoms with Crippen LogP contribution < -0.4 is 16.0 Å². The molecular weight excluding hydrogens is 342 g/mol. The molecule has 0 radical (unpaired) electrons. The van der Waals surface area contributed by atoms with E-state index in [4.69, 9.17) is 10.3 Å². The first-order chi connectivity index (χ1) is 12.0. The van der Waals surface area contributed by atoms with Gasteiger partial charge in [0.05, 0.1) is 16.8 Å². The highest BCUT2D eigenvalue weighted by atomic mass is 32.2. The number of carbonyl (C=O) groups is 1. The summed E-state index contributed by atoms with van der Waals surface area (Å²) in [6.07, 6.45) is 1.48. The van der Waals surface area contributed by atoms with Gasteiger partial charge in [0.25, 0.3) is 15.9 Å². The Hall–Kier alpha value is -3.10. The van der Waals surface area contributed by atoms with Gasteiger partial charge in [0, 0.05) is 11.1 Å². The summed E-state index contributed by atoms with van der Waals surface area (Å²) in [5.74, 6) is 5.08. The number of anilines is 1. The van der Waals surface area contributed by atoms with Gasteiger partial charge in [0.15, 0.2) is 0 Å². The van der Waals surface area contributed by atoms with Gasteiger partial charge in [-0.05, 0) is 42.5 Å². The number of hydrogen-bond acceptors (Lipinski definition) is 5. The summed E-state index contributed by atoms with van der Waals surface area (Å²) >= 11 is 0. The second-order valence-electron chi connectivity index (χ2n) is 5.13. The van der Waals surface area contributed by atoms with E-state index in [1.165, 1.54) is 30.5 Å². The van der Waals surface area contributed by atoms with E-state index in [2.05, 4.69) is 4.72 Å². The molecule has 4 N–H and O–H groups in total. The molecule has 0 aliphatic heterocycles. The van der Waals surface area contributed by atoms with Crippen molar-refractivity contribution in [2.45, 2.75) is 4.90 Å². The summed E-state index contributed by atoms with van der Waals surface area (Å²) in [6.45, 7) is 0. The number of nitrogen functional groups attached to an aromatic ring is 1. The maximum absolute atomic E-state index is 12.6. The van der Waals surface area contributed by atoms with Crippen LogP contribution in [0.3, 0.4) is 0 Å². The first-order valence-electron chi connectivity index (χ1n) is 7.28. The van der Waals surface area contributed by atoms with E-state index in [1.54, 1.807) is 36.4 Å². The monoisotopic (exact) mass is 357 g/mol. The minimum Gasteiger partial charge on any atom is -0.464 e. The second-order valence-corrected chi connectivity index (χ2v) is 6.81. The predicted molar refractivity (Wildman–Crippen MR) is 93.0 cm³/mol. The third kappa shape index (κ3) is 3.54. The molecule has 0 bridgehead atoms. The molecule has 3 rings (SSSR count). The standard InChI is InChI=1S/C17H15N3O4S/c18-19-17(21)12-8-9-14(16-7-4-10-24-16)15(11-12)20-25(22,23)13-5-2-1-3-6-13/h1-11,20H,18H2,(H,19,21). The van der Waals surface area contributed by atoms with Crippen LogP contribution in [0.15, 0.2) is 76.2 Å². The molecule has 1 amide bonds. The molecule has 128 valence electrons. The van der Waals surface area contributed by atoms with Gasteiger partial charge in [0.1, 0.15) is 5.76 Å². The van der Waals surface area contributed by atoms with Crippen LogP contribution in [0.2, 0.25) is 0 Å². The van der Waals surface area contributed by atoms with Gasteiger partial charge in [-0.2, -0.15) is 0 Å². The van der Waals surface area contributed by atoms with Crippen LogP contribution in [-0.2, 0) is 10.0 Å². The highest BCUT2D eigenvalue weighted by molar-refractivity contribution is 7.92. The number of sulfonamides is 1. The number of carbonyl (C=O) groups excluding carboxylic acids is 1. The predicted octanol–water partition coefficient (Wildman–Crippen LogP) is 2.35. The Kier molecular flexibility index (Phi) is 4.55. The molecule has 2 aromatic carbocycles. The number of benzene rings is 2. The number of furan rings is 1. The van der Waals surface area contributed by atoms with E-state index in [-0.39, 0.29) is 16.1 Å². The number of nitrogens with two attached hydrogens (primary N) is 1. The zero-order chi connectivity index (χ0) is 17.9. The van der Waals surface area contributed by atoms with Gasteiger partial charge in [-0.3, -0.25) is 14.9 Å². The van der Waals surface area contributed by atoms with E-state index < -0.39 is 15.9 Å². The molecule has 25 heavy (non-hydrogen) atoms.